The molecule has 0 radical (unpaired) electrons. The number of hydrogen-bond donors (Lipinski definition) is 1. The van der Waals surface area contributed by atoms with E-state index in [1.54, 1.807) is 25.9 Å². The quantitative estimate of drug-likeness (QED) is 0.266. The summed E-state index contributed by atoms with van der Waals surface area (Å²) >= 11 is 0. The van der Waals surface area contributed by atoms with Crippen molar-refractivity contribution >= 4 is 23.5 Å². The van der Waals surface area contributed by atoms with E-state index in [-0.39, 0.29) is 69.9 Å². The van der Waals surface area contributed by atoms with Crippen molar-refractivity contribution in [2.45, 2.75) is 92.8 Å². The van der Waals surface area contributed by atoms with Crippen molar-refractivity contribution < 1.29 is 33.8 Å². The minimum atomic E-state index is -1.33. The van der Waals surface area contributed by atoms with E-state index in [0.717, 1.165) is 25.7 Å². The second-order valence-electron chi connectivity index (χ2n) is 16.2. The maximum Gasteiger partial charge on any atom is 0.320 e. The highest BCUT2D eigenvalue weighted by molar-refractivity contribution is 5.98. The van der Waals surface area contributed by atoms with Crippen molar-refractivity contribution in [3.63, 3.8) is 0 Å². The Morgan fingerprint density at radius 2 is 1.78 bits per heavy atom. The summed E-state index contributed by atoms with van der Waals surface area (Å²) in [5.41, 5.74) is -0.0951. The van der Waals surface area contributed by atoms with Gasteiger partial charge in [-0.1, -0.05) is 54.2 Å². The van der Waals surface area contributed by atoms with Crippen LogP contribution in [-0.2, 0) is 28.7 Å². The first kappa shape index (κ1) is 34.0. The van der Waals surface area contributed by atoms with E-state index in [9.17, 15) is 24.3 Å². The Morgan fingerprint density at radius 3 is 2.40 bits per heavy atom. The van der Waals surface area contributed by atoms with Crippen LogP contribution in [0.5, 0.6) is 0 Å². The summed E-state index contributed by atoms with van der Waals surface area (Å²) in [6.45, 7) is 18.4. The average molecular weight is 626 g/mol. The molecule has 0 aliphatic heterocycles. The average Bonchev–Trinajstić information content (AvgIpc) is 3.40. The van der Waals surface area contributed by atoms with Crippen LogP contribution in [0.25, 0.3) is 0 Å². The fourth-order valence-corrected chi connectivity index (χ4v) is 11.9. The Morgan fingerprint density at radius 1 is 1.11 bits per heavy atom. The molecular formula is C37H55NO7. The van der Waals surface area contributed by atoms with Crippen molar-refractivity contribution in [1.82, 2.24) is 4.90 Å². The minimum absolute atomic E-state index is 0.0109. The van der Waals surface area contributed by atoms with Gasteiger partial charge in [0.1, 0.15) is 12.2 Å². The number of likely N-dealkylation sites (N-methyl/N-ethyl adjacent to an activating group) is 1. The van der Waals surface area contributed by atoms with Gasteiger partial charge in [-0.2, -0.15) is 0 Å². The van der Waals surface area contributed by atoms with Crippen LogP contribution in [-0.4, -0.2) is 73.0 Å². The van der Waals surface area contributed by atoms with Gasteiger partial charge in [-0.3, -0.25) is 24.1 Å². The van der Waals surface area contributed by atoms with Crippen molar-refractivity contribution in [2.24, 2.45) is 63.1 Å². The van der Waals surface area contributed by atoms with Gasteiger partial charge < -0.3 is 14.6 Å². The van der Waals surface area contributed by atoms with Crippen LogP contribution in [0.4, 0.5) is 0 Å². The first-order valence-electron chi connectivity index (χ1n) is 17.0. The number of esters is 2. The Hall–Kier alpha value is -2.32. The fraction of sp³-hybridized carbons (Fsp3) is 0.784. The molecule has 8 nitrogen and oxygen atoms in total. The molecule has 8 heteroatoms. The van der Waals surface area contributed by atoms with Crippen molar-refractivity contribution in [3.05, 3.63) is 24.3 Å². The lowest BCUT2D eigenvalue weighted by Crippen LogP contribution is -2.56. The lowest BCUT2D eigenvalue weighted by Gasteiger charge is -2.61. The van der Waals surface area contributed by atoms with E-state index >= 15 is 0 Å². The SMILES string of the molecule is C=C(C(=O)C(O)[C@@H](C)C1C(OC(C)=O)C[C@@]2(C)[C@@H]3CCC4[C@H](C)C(=O)C=CC45[C@@H](C)[C@@]35CC[C@]12C)[C@@H](C)COC(=O)CN(C)C. The standard InChI is InChI=1S/C37H55NO7/c1-20(19-44-30(41)18-38(9)10)21(2)32(42)33(43)23(4)31-28(45-25(6)39)17-35(8)29-12-11-26-22(3)27(40)13-14-36(26)24(5)37(29,36)16-15-34(31,35)7/h13-14,20,22-24,26,28-29,31,33,43H,2,11-12,15-19H2,1,3-10H3/t20-,22-,23-,24+,26?,28?,29-,31?,33?,34+,35-,36?,37-/m0/s1. The van der Waals surface area contributed by atoms with Gasteiger partial charge in [0.15, 0.2) is 11.6 Å². The summed E-state index contributed by atoms with van der Waals surface area (Å²) in [7, 11) is 3.55. The highest BCUT2D eigenvalue weighted by Crippen LogP contribution is 2.89. The maximum absolute atomic E-state index is 13.7. The zero-order valence-electron chi connectivity index (χ0n) is 28.9. The van der Waals surface area contributed by atoms with E-state index in [0.29, 0.717) is 24.2 Å². The van der Waals surface area contributed by atoms with Crippen LogP contribution in [0, 0.1) is 63.1 Å². The van der Waals surface area contributed by atoms with Gasteiger partial charge in [0.05, 0.1) is 13.2 Å². The van der Waals surface area contributed by atoms with Gasteiger partial charge in [0, 0.05) is 30.1 Å². The van der Waals surface area contributed by atoms with E-state index in [4.69, 9.17) is 9.47 Å². The summed E-state index contributed by atoms with van der Waals surface area (Å²) in [5, 5.41) is 11.6. The van der Waals surface area contributed by atoms with Crippen LogP contribution < -0.4 is 0 Å². The van der Waals surface area contributed by atoms with Crippen LogP contribution in [0.15, 0.2) is 24.3 Å². The lowest BCUT2D eigenvalue weighted by atomic mass is 9.43. The van der Waals surface area contributed by atoms with Crippen LogP contribution in [0.3, 0.4) is 0 Å². The van der Waals surface area contributed by atoms with Crippen LogP contribution in [0.2, 0.25) is 0 Å². The second kappa shape index (κ2) is 11.4. The predicted octanol–water partition coefficient (Wildman–Crippen LogP) is 5.03. The molecule has 0 saturated heterocycles. The van der Waals surface area contributed by atoms with E-state index in [1.807, 2.05) is 13.0 Å². The predicted molar refractivity (Wildman–Crippen MR) is 171 cm³/mol. The van der Waals surface area contributed by atoms with E-state index < -0.39 is 29.8 Å². The molecule has 13 atom stereocenters. The Balaban J connectivity index is 1.41. The number of allylic oxidation sites excluding steroid dienone is 2. The van der Waals surface area contributed by atoms with Gasteiger partial charge in [-0.05, 0) is 97.8 Å². The molecule has 45 heavy (non-hydrogen) atoms. The summed E-state index contributed by atoms with van der Waals surface area (Å²) in [6.07, 6.45) is 7.03. The van der Waals surface area contributed by atoms with E-state index in [2.05, 4.69) is 40.3 Å². The Bertz CT molecular complexity index is 1310. The monoisotopic (exact) mass is 625 g/mol. The third-order valence-electron chi connectivity index (χ3n) is 14.2. The molecule has 0 aromatic heterocycles. The first-order valence-corrected chi connectivity index (χ1v) is 17.0. The van der Waals surface area contributed by atoms with E-state index in [1.165, 1.54) is 6.92 Å². The third-order valence-corrected chi connectivity index (χ3v) is 14.2. The molecular weight excluding hydrogens is 570 g/mol. The minimum Gasteiger partial charge on any atom is -0.464 e. The zero-order chi connectivity index (χ0) is 33.4. The third kappa shape index (κ3) is 4.74. The lowest BCUT2D eigenvalue weighted by molar-refractivity contribution is -0.155. The molecule has 5 rings (SSSR count). The number of fused-ring (bicyclic) bond motifs is 2. The van der Waals surface area contributed by atoms with Crippen molar-refractivity contribution in [3.8, 4) is 0 Å². The van der Waals surface area contributed by atoms with Gasteiger partial charge in [-0.25, -0.2) is 0 Å². The number of nitrogens with zero attached hydrogens (tertiary/aromatic N) is 1. The summed E-state index contributed by atoms with van der Waals surface area (Å²) in [5.74, 6) is -0.843. The molecule has 4 fully saturated rings. The normalized spacial score (nSPS) is 43.2. The highest BCUT2D eigenvalue weighted by Gasteiger charge is 2.85. The van der Waals surface area contributed by atoms with Gasteiger partial charge in [0.25, 0.3) is 0 Å². The number of carbonyl (C=O) groups is 4. The fourth-order valence-electron chi connectivity index (χ4n) is 11.9. The number of aliphatic hydroxyl groups is 1. The van der Waals surface area contributed by atoms with Crippen molar-refractivity contribution in [1.29, 1.82) is 0 Å². The molecule has 1 N–H and O–H groups in total. The summed E-state index contributed by atoms with van der Waals surface area (Å²) in [4.78, 5) is 52.7. The number of Topliss-reactive ketones (excluding diaryl/α,β-unsaturated/α-hetero) is 1. The molecule has 2 spiro atoms. The molecule has 5 aliphatic rings. The Labute approximate surface area is 269 Å². The molecule has 0 heterocycles. The smallest absolute Gasteiger partial charge is 0.320 e. The largest absolute Gasteiger partial charge is 0.464 e. The molecule has 5 unspecified atom stereocenters. The first-order chi connectivity index (χ1) is 20.9. The zero-order valence-corrected chi connectivity index (χ0v) is 28.9. The number of ether oxygens (including phenoxy) is 2. The molecule has 4 saturated carbocycles. The maximum atomic E-state index is 13.7. The molecule has 0 aromatic carbocycles. The Kier molecular flexibility index (Phi) is 8.64. The molecule has 0 bridgehead atoms. The molecule has 0 amide bonds. The topological polar surface area (TPSA) is 110 Å². The van der Waals surface area contributed by atoms with Gasteiger partial charge in [0.2, 0.25) is 0 Å². The number of hydrogen-bond acceptors (Lipinski definition) is 8. The number of ketones is 2. The number of carbonyl (C=O) groups excluding carboxylic acids is 4. The number of aliphatic hydroxyl groups excluding tert-OH is 1. The second-order valence-corrected chi connectivity index (χ2v) is 16.2. The van der Waals surface area contributed by atoms with Crippen molar-refractivity contribution in [2.75, 3.05) is 27.2 Å². The van der Waals surface area contributed by atoms with Crippen LogP contribution >= 0.6 is 0 Å². The summed E-state index contributed by atoms with van der Waals surface area (Å²) < 4.78 is 11.4. The van der Waals surface area contributed by atoms with Gasteiger partial charge >= 0.3 is 11.9 Å². The molecule has 5 aliphatic carbocycles. The summed E-state index contributed by atoms with van der Waals surface area (Å²) in [6, 6.07) is 0. The van der Waals surface area contributed by atoms with Gasteiger partial charge in [-0.15, -0.1) is 0 Å². The highest BCUT2D eigenvalue weighted by atomic mass is 16.5. The van der Waals surface area contributed by atoms with Crippen LogP contribution in [0.1, 0.15) is 80.6 Å². The molecule has 0 aromatic rings. The molecule has 250 valence electrons. The number of rotatable bonds is 10.